The van der Waals surface area contributed by atoms with Crippen LogP contribution in [0, 0.1) is 5.92 Å². The lowest BCUT2D eigenvalue weighted by Crippen LogP contribution is -2.40. The zero-order chi connectivity index (χ0) is 12.7. The molecule has 0 radical (unpaired) electrons. The van der Waals surface area contributed by atoms with Gasteiger partial charge in [0.25, 0.3) is 0 Å². The summed E-state index contributed by atoms with van der Waals surface area (Å²) in [6.07, 6.45) is 4.20. The number of aliphatic hydroxyl groups is 1. The molecule has 17 heavy (non-hydrogen) atoms. The fraction of sp³-hybridized carbons (Fsp3) is 0.923. The van der Waals surface area contributed by atoms with E-state index in [0.717, 1.165) is 25.9 Å². The first-order chi connectivity index (χ1) is 8.22. The molecule has 1 saturated carbocycles. The molecule has 1 fully saturated rings. The van der Waals surface area contributed by atoms with Crippen LogP contribution in [0.3, 0.4) is 0 Å². The lowest BCUT2D eigenvalue weighted by atomic mass is 10.0. The van der Waals surface area contributed by atoms with Gasteiger partial charge in [0.15, 0.2) is 0 Å². The molecule has 2 N–H and O–H groups in total. The normalized spacial score (nSPS) is 16.9. The van der Waals surface area contributed by atoms with Crippen molar-refractivity contribution < 1.29 is 9.90 Å². The Bertz CT molecular complexity index is 229. The number of likely N-dealkylation sites (N-methyl/N-ethyl adjacent to an activating group) is 1. The highest BCUT2D eigenvalue weighted by Crippen LogP contribution is 2.26. The van der Waals surface area contributed by atoms with Gasteiger partial charge in [-0.1, -0.05) is 13.3 Å². The number of hydrogen-bond acceptors (Lipinski definition) is 3. The summed E-state index contributed by atoms with van der Waals surface area (Å²) in [5, 5.41) is 12.1. The summed E-state index contributed by atoms with van der Waals surface area (Å²) in [6.45, 7) is 6.47. The predicted octanol–water partition coefficient (Wildman–Crippen LogP) is 0.995. The van der Waals surface area contributed by atoms with Crippen molar-refractivity contribution in [2.45, 2.75) is 45.6 Å². The van der Waals surface area contributed by atoms with Gasteiger partial charge >= 0.3 is 0 Å². The summed E-state index contributed by atoms with van der Waals surface area (Å²) in [5.74, 6) is 0.692. The fourth-order valence-electron chi connectivity index (χ4n) is 2.14. The average molecular weight is 242 g/mol. The summed E-state index contributed by atoms with van der Waals surface area (Å²) in [4.78, 5) is 13.9. The maximum absolute atomic E-state index is 11.9. The average Bonchev–Trinajstić information content (AvgIpc) is 3.13. The van der Waals surface area contributed by atoms with Gasteiger partial charge < -0.3 is 15.3 Å². The molecule has 1 aliphatic carbocycles. The van der Waals surface area contributed by atoms with Gasteiger partial charge in [-0.25, -0.2) is 0 Å². The van der Waals surface area contributed by atoms with Crippen molar-refractivity contribution in [3.8, 4) is 0 Å². The number of aliphatic hydroxyl groups excluding tert-OH is 1. The van der Waals surface area contributed by atoms with Crippen LogP contribution in [0.25, 0.3) is 0 Å². The molecule has 1 rings (SSSR count). The van der Waals surface area contributed by atoms with E-state index in [2.05, 4.69) is 12.2 Å². The van der Waals surface area contributed by atoms with E-state index in [1.165, 1.54) is 12.8 Å². The third kappa shape index (κ3) is 5.04. The Morgan fingerprint density at radius 1 is 1.47 bits per heavy atom. The summed E-state index contributed by atoms with van der Waals surface area (Å²) in [5.41, 5.74) is 0. The van der Waals surface area contributed by atoms with E-state index in [1.807, 2.05) is 11.8 Å². The molecule has 0 aromatic heterocycles. The molecule has 100 valence electrons. The number of nitrogens with one attached hydrogen (secondary N) is 1. The Morgan fingerprint density at radius 3 is 2.65 bits per heavy atom. The monoisotopic (exact) mass is 242 g/mol. The van der Waals surface area contributed by atoms with Crippen LogP contribution >= 0.6 is 0 Å². The van der Waals surface area contributed by atoms with Crippen LogP contribution in [0.1, 0.15) is 39.5 Å². The number of rotatable bonds is 9. The Labute approximate surface area is 104 Å². The first-order valence-corrected chi connectivity index (χ1v) is 6.83. The van der Waals surface area contributed by atoms with E-state index in [9.17, 15) is 4.79 Å². The van der Waals surface area contributed by atoms with Gasteiger partial charge in [-0.3, -0.25) is 4.79 Å². The largest absolute Gasteiger partial charge is 0.396 e. The van der Waals surface area contributed by atoms with Gasteiger partial charge in [0.05, 0.1) is 6.54 Å². The van der Waals surface area contributed by atoms with Crippen LogP contribution in [-0.4, -0.2) is 48.2 Å². The molecule has 4 heteroatoms. The first kappa shape index (κ1) is 14.5. The number of hydrogen-bond donors (Lipinski definition) is 2. The Morgan fingerprint density at radius 2 is 2.18 bits per heavy atom. The van der Waals surface area contributed by atoms with Crippen molar-refractivity contribution in [3.05, 3.63) is 0 Å². The standard InChI is InChI=1S/C13H26N2O2/c1-3-11(7-8-16)9-14-10-13(17)15(4-2)12-5-6-12/h11-12,14,16H,3-10H2,1-2H3. The Balaban J connectivity index is 2.17. The molecule has 1 atom stereocenters. The molecule has 0 bridgehead atoms. The lowest BCUT2D eigenvalue weighted by molar-refractivity contribution is -0.130. The minimum Gasteiger partial charge on any atom is -0.396 e. The number of nitrogens with zero attached hydrogens (tertiary/aromatic N) is 1. The van der Waals surface area contributed by atoms with Crippen molar-refractivity contribution in [1.82, 2.24) is 10.2 Å². The molecular formula is C13H26N2O2. The van der Waals surface area contributed by atoms with Gasteiger partial charge in [0.2, 0.25) is 5.91 Å². The van der Waals surface area contributed by atoms with E-state index in [0.29, 0.717) is 18.5 Å². The van der Waals surface area contributed by atoms with Crippen LogP contribution in [0.2, 0.25) is 0 Å². The van der Waals surface area contributed by atoms with Crippen molar-refractivity contribution in [2.75, 3.05) is 26.2 Å². The molecular weight excluding hydrogens is 216 g/mol. The van der Waals surface area contributed by atoms with Crippen LogP contribution < -0.4 is 5.32 Å². The van der Waals surface area contributed by atoms with Crippen molar-refractivity contribution in [3.63, 3.8) is 0 Å². The molecule has 1 unspecified atom stereocenters. The Kier molecular flexibility index (Phi) is 6.52. The second-order valence-corrected chi connectivity index (χ2v) is 4.83. The molecule has 0 aliphatic heterocycles. The summed E-state index contributed by atoms with van der Waals surface area (Å²) < 4.78 is 0. The van der Waals surface area contributed by atoms with Crippen LogP contribution in [0.15, 0.2) is 0 Å². The second-order valence-electron chi connectivity index (χ2n) is 4.83. The van der Waals surface area contributed by atoms with Crippen LogP contribution in [-0.2, 0) is 4.79 Å². The maximum Gasteiger partial charge on any atom is 0.236 e. The number of carbonyl (C=O) groups excluding carboxylic acids is 1. The van der Waals surface area contributed by atoms with Gasteiger partial charge in [0.1, 0.15) is 0 Å². The number of amides is 1. The van der Waals surface area contributed by atoms with E-state index in [1.54, 1.807) is 0 Å². The third-order valence-electron chi connectivity index (χ3n) is 3.47. The second kappa shape index (κ2) is 7.67. The zero-order valence-electron chi connectivity index (χ0n) is 11.1. The van der Waals surface area contributed by atoms with Crippen molar-refractivity contribution in [1.29, 1.82) is 0 Å². The highest BCUT2D eigenvalue weighted by molar-refractivity contribution is 5.78. The molecule has 1 amide bonds. The smallest absolute Gasteiger partial charge is 0.236 e. The molecule has 0 saturated heterocycles. The van der Waals surface area contributed by atoms with Crippen molar-refractivity contribution >= 4 is 5.91 Å². The Hall–Kier alpha value is -0.610. The SMILES string of the molecule is CCC(CCO)CNCC(=O)N(CC)C1CC1. The molecule has 0 spiro atoms. The predicted molar refractivity (Wildman–Crippen MR) is 68.8 cm³/mol. The minimum absolute atomic E-state index is 0.217. The zero-order valence-corrected chi connectivity index (χ0v) is 11.1. The van der Waals surface area contributed by atoms with Gasteiger partial charge in [-0.05, 0) is 38.6 Å². The highest BCUT2D eigenvalue weighted by Gasteiger charge is 2.30. The van der Waals surface area contributed by atoms with Gasteiger partial charge in [-0.2, -0.15) is 0 Å². The van der Waals surface area contributed by atoms with E-state index >= 15 is 0 Å². The summed E-state index contributed by atoms with van der Waals surface area (Å²) in [7, 11) is 0. The van der Waals surface area contributed by atoms with E-state index in [4.69, 9.17) is 5.11 Å². The van der Waals surface area contributed by atoms with Gasteiger partial charge in [0, 0.05) is 19.2 Å². The summed E-state index contributed by atoms with van der Waals surface area (Å²) in [6, 6.07) is 0.508. The summed E-state index contributed by atoms with van der Waals surface area (Å²) >= 11 is 0. The fourth-order valence-corrected chi connectivity index (χ4v) is 2.14. The van der Waals surface area contributed by atoms with Crippen molar-refractivity contribution in [2.24, 2.45) is 5.92 Å². The van der Waals surface area contributed by atoms with E-state index < -0.39 is 0 Å². The first-order valence-electron chi connectivity index (χ1n) is 6.83. The van der Waals surface area contributed by atoms with Crippen LogP contribution in [0.4, 0.5) is 0 Å². The highest BCUT2D eigenvalue weighted by atomic mass is 16.3. The molecule has 4 nitrogen and oxygen atoms in total. The maximum atomic E-state index is 11.9. The number of carbonyl (C=O) groups is 1. The van der Waals surface area contributed by atoms with Crippen LogP contribution in [0.5, 0.6) is 0 Å². The lowest BCUT2D eigenvalue weighted by Gasteiger charge is -2.21. The van der Waals surface area contributed by atoms with E-state index in [-0.39, 0.29) is 12.5 Å². The molecule has 0 aromatic rings. The topological polar surface area (TPSA) is 52.6 Å². The third-order valence-corrected chi connectivity index (χ3v) is 3.47. The molecule has 1 aliphatic rings. The molecule has 0 heterocycles. The minimum atomic E-state index is 0.217. The van der Waals surface area contributed by atoms with Gasteiger partial charge in [-0.15, -0.1) is 0 Å². The molecule has 0 aromatic carbocycles. The quantitative estimate of drug-likeness (QED) is 0.634.